The predicted octanol–water partition coefficient (Wildman–Crippen LogP) is 3.81. The third-order valence-electron chi connectivity index (χ3n) is 2.87. The fraction of sp³-hybridized carbons (Fsp3) is 0. The van der Waals surface area contributed by atoms with Gasteiger partial charge in [0.25, 0.3) is 0 Å². The van der Waals surface area contributed by atoms with E-state index in [4.69, 9.17) is 17.3 Å². The van der Waals surface area contributed by atoms with Gasteiger partial charge in [-0.1, -0.05) is 17.7 Å². The van der Waals surface area contributed by atoms with E-state index in [-0.39, 0.29) is 17.2 Å². The molecule has 3 rings (SSSR count). The average Bonchev–Trinajstić information content (AvgIpc) is 2.39. The van der Waals surface area contributed by atoms with Crippen LogP contribution in [0.4, 0.5) is 14.6 Å². The number of anilines is 1. The number of aromatic nitrogens is 2. The summed E-state index contributed by atoms with van der Waals surface area (Å²) in [4.78, 5) is 8.10. The fourth-order valence-electron chi connectivity index (χ4n) is 1.95. The molecule has 20 heavy (non-hydrogen) atoms. The molecule has 6 heteroatoms. The average molecular weight is 292 g/mol. The maximum atomic E-state index is 13.8. The van der Waals surface area contributed by atoms with Crippen molar-refractivity contribution in [2.75, 3.05) is 5.73 Å². The van der Waals surface area contributed by atoms with Crippen LogP contribution in [0.25, 0.3) is 22.3 Å². The van der Waals surface area contributed by atoms with Crippen molar-refractivity contribution in [3.63, 3.8) is 0 Å². The normalized spacial score (nSPS) is 10.9. The minimum Gasteiger partial charge on any atom is -0.383 e. The second-order valence-corrected chi connectivity index (χ2v) is 4.63. The van der Waals surface area contributed by atoms with Crippen LogP contribution < -0.4 is 5.73 Å². The smallest absolute Gasteiger partial charge is 0.168 e. The van der Waals surface area contributed by atoms with E-state index in [9.17, 15) is 8.78 Å². The molecule has 0 fully saturated rings. The van der Waals surface area contributed by atoms with Crippen molar-refractivity contribution in [2.24, 2.45) is 0 Å². The van der Waals surface area contributed by atoms with Crippen molar-refractivity contribution >= 4 is 28.3 Å². The molecule has 0 aliphatic rings. The minimum atomic E-state index is -0.738. The summed E-state index contributed by atoms with van der Waals surface area (Å²) >= 11 is 5.87. The van der Waals surface area contributed by atoms with Crippen molar-refractivity contribution in [2.45, 2.75) is 0 Å². The molecular formula is C14H8ClF2N3. The number of halogens is 3. The van der Waals surface area contributed by atoms with Crippen molar-refractivity contribution in [1.29, 1.82) is 0 Å². The van der Waals surface area contributed by atoms with E-state index in [1.807, 2.05) is 0 Å². The van der Waals surface area contributed by atoms with Gasteiger partial charge in [-0.25, -0.2) is 18.7 Å². The summed E-state index contributed by atoms with van der Waals surface area (Å²) in [5.74, 6) is -1.45. The molecule has 0 aliphatic carbocycles. The quantitative estimate of drug-likeness (QED) is 0.742. The van der Waals surface area contributed by atoms with Gasteiger partial charge in [-0.15, -0.1) is 0 Å². The SMILES string of the molecule is Nc1nc(-c2c(F)cccc2F)nc2ccc(Cl)cc12. The Labute approximate surface area is 118 Å². The van der Waals surface area contributed by atoms with Crippen LogP contribution in [0.15, 0.2) is 36.4 Å². The number of nitrogen functional groups attached to an aromatic ring is 1. The molecular weight excluding hydrogens is 284 g/mol. The van der Waals surface area contributed by atoms with Gasteiger partial charge in [0, 0.05) is 10.4 Å². The van der Waals surface area contributed by atoms with E-state index in [0.29, 0.717) is 15.9 Å². The molecule has 100 valence electrons. The molecule has 0 saturated carbocycles. The molecule has 0 radical (unpaired) electrons. The zero-order chi connectivity index (χ0) is 14.3. The molecule has 0 spiro atoms. The Balaban J connectivity index is 2.31. The first-order valence-electron chi connectivity index (χ1n) is 5.73. The van der Waals surface area contributed by atoms with E-state index in [1.165, 1.54) is 6.07 Å². The Morgan fingerprint density at radius 3 is 2.40 bits per heavy atom. The molecule has 1 aromatic heterocycles. The molecule has 0 amide bonds. The van der Waals surface area contributed by atoms with Gasteiger partial charge in [0.15, 0.2) is 5.82 Å². The van der Waals surface area contributed by atoms with Gasteiger partial charge in [0.2, 0.25) is 0 Å². The van der Waals surface area contributed by atoms with Crippen molar-refractivity contribution in [1.82, 2.24) is 9.97 Å². The Bertz CT molecular complexity index is 801. The summed E-state index contributed by atoms with van der Waals surface area (Å²) in [6.45, 7) is 0. The summed E-state index contributed by atoms with van der Waals surface area (Å²) in [7, 11) is 0. The van der Waals surface area contributed by atoms with E-state index in [0.717, 1.165) is 12.1 Å². The standard InChI is InChI=1S/C14H8ClF2N3/c15-7-4-5-11-8(6-7)13(18)20-14(19-11)12-9(16)2-1-3-10(12)17/h1-6H,(H2,18,19,20). The third kappa shape index (κ3) is 2.06. The lowest BCUT2D eigenvalue weighted by Crippen LogP contribution is -2.00. The number of hydrogen-bond donors (Lipinski definition) is 1. The summed E-state index contributed by atoms with van der Waals surface area (Å²) < 4.78 is 27.5. The molecule has 3 aromatic rings. The van der Waals surface area contributed by atoms with Crippen LogP contribution in [0.2, 0.25) is 5.02 Å². The number of hydrogen-bond acceptors (Lipinski definition) is 3. The Hall–Kier alpha value is -2.27. The van der Waals surface area contributed by atoms with Crippen molar-refractivity contribution in [3.8, 4) is 11.4 Å². The minimum absolute atomic E-state index is 0.0899. The molecule has 3 nitrogen and oxygen atoms in total. The summed E-state index contributed by atoms with van der Waals surface area (Å²) in [5, 5.41) is 1.02. The number of nitrogens with two attached hydrogens (primary N) is 1. The van der Waals surface area contributed by atoms with Crippen LogP contribution in [0.1, 0.15) is 0 Å². The largest absolute Gasteiger partial charge is 0.383 e. The highest BCUT2D eigenvalue weighted by Crippen LogP contribution is 2.28. The zero-order valence-corrected chi connectivity index (χ0v) is 10.8. The van der Waals surface area contributed by atoms with Gasteiger partial charge in [-0.2, -0.15) is 0 Å². The van der Waals surface area contributed by atoms with Crippen LogP contribution in [0.3, 0.4) is 0 Å². The van der Waals surface area contributed by atoms with Crippen LogP contribution in [0.5, 0.6) is 0 Å². The van der Waals surface area contributed by atoms with E-state index < -0.39 is 11.6 Å². The Morgan fingerprint density at radius 2 is 1.70 bits per heavy atom. The lowest BCUT2D eigenvalue weighted by atomic mass is 10.1. The molecule has 1 heterocycles. The van der Waals surface area contributed by atoms with Gasteiger partial charge in [0.05, 0.1) is 11.1 Å². The number of nitrogens with zero attached hydrogens (tertiary/aromatic N) is 2. The van der Waals surface area contributed by atoms with Gasteiger partial charge in [-0.05, 0) is 30.3 Å². The second kappa shape index (κ2) is 4.68. The molecule has 0 bridgehead atoms. The van der Waals surface area contributed by atoms with Gasteiger partial charge in [0.1, 0.15) is 17.5 Å². The number of benzene rings is 2. The third-order valence-corrected chi connectivity index (χ3v) is 3.11. The van der Waals surface area contributed by atoms with Crippen molar-refractivity contribution in [3.05, 3.63) is 53.1 Å². The Morgan fingerprint density at radius 1 is 1.00 bits per heavy atom. The monoisotopic (exact) mass is 291 g/mol. The topological polar surface area (TPSA) is 51.8 Å². The van der Waals surface area contributed by atoms with E-state index in [2.05, 4.69) is 9.97 Å². The van der Waals surface area contributed by atoms with Gasteiger partial charge in [-0.3, -0.25) is 0 Å². The first kappa shape index (κ1) is 12.7. The molecule has 0 unspecified atom stereocenters. The number of fused-ring (bicyclic) bond motifs is 1. The zero-order valence-electron chi connectivity index (χ0n) is 10.1. The molecule has 2 aromatic carbocycles. The van der Waals surface area contributed by atoms with E-state index in [1.54, 1.807) is 18.2 Å². The fourth-order valence-corrected chi connectivity index (χ4v) is 2.12. The second-order valence-electron chi connectivity index (χ2n) is 4.19. The maximum Gasteiger partial charge on any atom is 0.168 e. The predicted molar refractivity (Wildman–Crippen MR) is 74.3 cm³/mol. The number of rotatable bonds is 1. The molecule has 2 N–H and O–H groups in total. The summed E-state index contributed by atoms with van der Waals surface area (Å²) in [6.07, 6.45) is 0. The van der Waals surface area contributed by atoms with Crippen LogP contribution >= 0.6 is 11.6 Å². The molecule has 0 saturated heterocycles. The summed E-state index contributed by atoms with van der Waals surface area (Å²) in [5.41, 5.74) is 5.99. The van der Waals surface area contributed by atoms with E-state index >= 15 is 0 Å². The van der Waals surface area contributed by atoms with Crippen LogP contribution in [-0.2, 0) is 0 Å². The maximum absolute atomic E-state index is 13.8. The first-order valence-corrected chi connectivity index (χ1v) is 6.11. The molecule has 0 atom stereocenters. The first-order chi connectivity index (χ1) is 9.56. The van der Waals surface area contributed by atoms with Crippen molar-refractivity contribution < 1.29 is 8.78 Å². The molecule has 0 aliphatic heterocycles. The van der Waals surface area contributed by atoms with Crippen LogP contribution in [0, 0.1) is 11.6 Å². The van der Waals surface area contributed by atoms with Gasteiger partial charge < -0.3 is 5.73 Å². The lowest BCUT2D eigenvalue weighted by molar-refractivity contribution is 0.587. The highest BCUT2D eigenvalue weighted by molar-refractivity contribution is 6.31. The van der Waals surface area contributed by atoms with Gasteiger partial charge >= 0.3 is 0 Å². The van der Waals surface area contributed by atoms with Crippen LogP contribution in [-0.4, -0.2) is 9.97 Å². The summed E-state index contributed by atoms with van der Waals surface area (Å²) in [6, 6.07) is 8.41. The highest BCUT2D eigenvalue weighted by Gasteiger charge is 2.15. The highest BCUT2D eigenvalue weighted by atomic mass is 35.5. The Kier molecular flexibility index (Phi) is 2.99. The lowest BCUT2D eigenvalue weighted by Gasteiger charge is -2.07.